The molecular formula is C14H15BrN2O2. The van der Waals surface area contributed by atoms with Gasteiger partial charge in [-0.05, 0) is 30.3 Å². The number of nitrogens with zero attached hydrogens (tertiary/aromatic N) is 1. The third-order valence-electron chi connectivity index (χ3n) is 2.94. The zero-order valence-corrected chi connectivity index (χ0v) is 12.3. The first-order chi connectivity index (χ1) is 9.04. The van der Waals surface area contributed by atoms with E-state index >= 15 is 0 Å². The quantitative estimate of drug-likeness (QED) is 0.668. The Morgan fingerprint density at radius 2 is 2.00 bits per heavy atom. The Balaban J connectivity index is 2.16. The SMILES string of the molecule is C=C(CNCC)CN1C(=O)c2ccc(Br)cc2C1=O. The van der Waals surface area contributed by atoms with Gasteiger partial charge in [0.2, 0.25) is 0 Å². The van der Waals surface area contributed by atoms with Crippen molar-refractivity contribution in [2.45, 2.75) is 6.92 Å². The van der Waals surface area contributed by atoms with Gasteiger partial charge in [-0.2, -0.15) is 0 Å². The first-order valence-electron chi connectivity index (χ1n) is 6.07. The fourth-order valence-electron chi connectivity index (χ4n) is 1.99. The molecule has 0 aliphatic carbocycles. The lowest BCUT2D eigenvalue weighted by atomic mass is 10.1. The number of benzene rings is 1. The van der Waals surface area contributed by atoms with Gasteiger partial charge in [0.25, 0.3) is 11.8 Å². The van der Waals surface area contributed by atoms with Crippen molar-refractivity contribution in [2.24, 2.45) is 0 Å². The lowest BCUT2D eigenvalue weighted by Gasteiger charge is -2.15. The van der Waals surface area contributed by atoms with Crippen molar-refractivity contribution in [2.75, 3.05) is 19.6 Å². The van der Waals surface area contributed by atoms with Gasteiger partial charge in [0, 0.05) is 11.0 Å². The number of carbonyl (C=O) groups excluding carboxylic acids is 2. The number of rotatable bonds is 5. The van der Waals surface area contributed by atoms with Crippen molar-refractivity contribution in [3.8, 4) is 0 Å². The van der Waals surface area contributed by atoms with Gasteiger partial charge in [0.15, 0.2) is 0 Å². The smallest absolute Gasteiger partial charge is 0.261 e. The first kappa shape index (κ1) is 14.0. The van der Waals surface area contributed by atoms with Crippen LogP contribution in [-0.4, -0.2) is 36.3 Å². The molecule has 0 saturated carbocycles. The van der Waals surface area contributed by atoms with Crippen LogP contribution in [0.15, 0.2) is 34.8 Å². The van der Waals surface area contributed by atoms with Gasteiger partial charge in [-0.1, -0.05) is 29.4 Å². The van der Waals surface area contributed by atoms with Gasteiger partial charge in [-0.3, -0.25) is 14.5 Å². The van der Waals surface area contributed by atoms with E-state index in [1.165, 1.54) is 4.90 Å². The van der Waals surface area contributed by atoms with Crippen LogP contribution in [-0.2, 0) is 0 Å². The molecule has 1 aliphatic rings. The van der Waals surface area contributed by atoms with E-state index in [1.807, 2.05) is 6.92 Å². The molecule has 4 nitrogen and oxygen atoms in total. The van der Waals surface area contributed by atoms with Gasteiger partial charge in [-0.15, -0.1) is 0 Å². The van der Waals surface area contributed by atoms with Gasteiger partial charge in [-0.25, -0.2) is 0 Å². The maximum atomic E-state index is 12.2. The largest absolute Gasteiger partial charge is 0.313 e. The lowest BCUT2D eigenvalue weighted by Crippen LogP contribution is -2.33. The summed E-state index contributed by atoms with van der Waals surface area (Å²) in [5, 5.41) is 3.13. The molecule has 0 spiro atoms. The predicted molar refractivity (Wildman–Crippen MR) is 77.2 cm³/mol. The molecule has 1 aromatic carbocycles. The van der Waals surface area contributed by atoms with Gasteiger partial charge >= 0.3 is 0 Å². The van der Waals surface area contributed by atoms with E-state index in [2.05, 4.69) is 27.8 Å². The van der Waals surface area contributed by atoms with E-state index in [0.29, 0.717) is 17.7 Å². The van der Waals surface area contributed by atoms with Crippen molar-refractivity contribution in [3.63, 3.8) is 0 Å². The minimum atomic E-state index is -0.251. The second-order valence-electron chi connectivity index (χ2n) is 4.42. The van der Waals surface area contributed by atoms with E-state index in [-0.39, 0.29) is 18.4 Å². The Morgan fingerprint density at radius 1 is 1.32 bits per heavy atom. The molecule has 2 rings (SSSR count). The number of hydrogen-bond acceptors (Lipinski definition) is 3. The van der Waals surface area contributed by atoms with Crippen LogP contribution in [0.1, 0.15) is 27.6 Å². The average molecular weight is 323 g/mol. The standard InChI is InChI=1S/C14H15BrN2O2/c1-3-16-7-9(2)8-17-13(18)11-5-4-10(15)6-12(11)14(17)19/h4-6,16H,2-3,7-8H2,1H3. The maximum Gasteiger partial charge on any atom is 0.261 e. The fourth-order valence-corrected chi connectivity index (χ4v) is 2.35. The number of nitrogens with one attached hydrogen (secondary N) is 1. The Bertz CT molecular complexity index is 554. The van der Waals surface area contributed by atoms with Crippen LogP contribution in [0, 0.1) is 0 Å². The van der Waals surface area contributed by atoms with Crippen LogP contribution in [0.4, 0.5) is 0 Å². The monoisotopic (exact) mass is 322 g/mol. The molecule has 0 bridgehead atoms. The van der Waals surface area contributed by atoms with Crippen molar-refractivity contribution in [3.05, 3.63) is 46.0 Å². The molecule has 1 N–H and O–H groups in total. The molecule has 0 aromatic heterocycles. The fraction of sp³-hybridized carbons (Fsp3) is 0.286. The average Bonchev–Trinajstić information content (AvgIpc) is 2.61. The number of likely N-dealkylation sites (N-methyl/N-ethyl adjacent to an activating group) is 1. The highest BCUT2D eigenvalue weighted by Gasteiger charge is 2.35. The Kier molecular flexibility index (Phi) is 4.17. The van der Waals surface area contributed by atoms with Gasteiger partial charge in [0.1, 0.15) is 0 Å². The van der Waals surface area contributed by atoms with E-state index in [0.717, 1.165) is 16.6 Å². The molecule has 0 radical (unpaired) electrons. The van der Waals surface area contributed by atoms with Crippen LogP contribution in [0.2, 0.25) is 0 Å². The normalized spacial score (nSPS) is 13.9. The molecule has 0 atom stereocenters. The molecule has 5 heteroatoms. The summed E-state index contributed by atoms with van der Waals surface area (Å²) in [6.45, 7) is 7.57. The number of halogens is 1. The summed E-state index contributed by atoms with van der Waals surface area (Å²) in [5.41, 5.74) is 1.73. The number of fused-ring (bicyclic) bond motifs is 1. The van der Waals surface area contributed by atoms with E-state index in [9.17, 15) is 9.59 Å². The Labute approximate surface area is 120 Å². The molecule has 1 aromatic rings. The van der Waals surface area contributed by atoms with Gasteiger partial charge in [0.05, 0.1) is 17.7 Å². The molecule has 0 saturated heterocycles. The Hall–Kier alpha value is -1.46. The highest BCUT2D eigenvalue weighted by molar-refractivity contribution is 9.10. The molecule has 0 fully saturated rings. The second-order valence-corrected chi connectivity index (χ2v) is 5.33. The first-order valence-corrected chi connectivity index (χ1v) is 6.87. The summed E-state index contributed by atoms with van der Waals surface area (Å²) in [6.07, 6.45) is 0. The minimum absolute atomic E-state index is 0.245. The van der Waals surface area contributed by atoms with E-state index in [1.54, 1.807) is 18.2 Å². The summed E-state index contributed by atoms with van der Waals surface area (Å²) >= 11 is 3.31. The molecule has 0 unspecified atom stereocenters. The van der Waals surface area contributed by atoms with E-state index < -0.39 is 0 Å². The highest BCUT2D eigenvalue weighted by Crippen LogP contribution is 2.26. The third-order valence-corrected chi connectivity index (χ3v) is 3.43. The van der Waals surface area contributed by atoms with Crippen LogP contribution < -0.4 is 5.32 Å². The van der Waals surface area contributed by atoms with Crippen molar-refractivity contribution < 1.29 is 9.59 Å². The van der Waals surface area contributed by atoms with E-state index in [4.69, 9.17) is 0 Å². The summed E-state index contributed by atoms with van der Waals surface area (Å²) in [6, 6.07) is 5.12. The predicted octanol–water partition coefficient (Wildman–Crippen LogP) is 2.21. The second kappa shape index (κ2) is 5.67. The third kappa shape index (κ3) is 2.77. The zero-order chi connectivity index (χ0) is 14.0. The number of hydrogen-bond donors (Lipinski definition) is 1. The molecular weight excluding hydrogens is 308 g/mol. The molecule has 1 heterocycles. The lowest BCUT2D eigenvalue weighted by molar-refractivity contribution is 0.0667. The number of imide groups is 1. The minimum Gasteiger partial charge on any atom is -0.313 e. The Morgan fingerprint density at radius 3 is 2.68 bits per heavy atom. The van der Waals surface area contributed by atoms with Crippen LogP contribution in [0.3, 0.4) is 0 Å². The molecule has 1 aliphatic heterocycles. The highest BCUT2D eigenvalue weighted by atomic mass is 79.9. The summed E-state index contributed by atoms with van der Waals surface area (Å²) in [4.78, 5) is 25.6. The topological polar surface area (TPSA) is 49.4 Å². The maximum absolute atomic E-state index is 12.2. The molecule has 100 valence electrons. The summed E-state index contributed by atoms with van der Waals surface area (Å²) in [7, 11) is 0. The number of amides is 2. The molecule has 19 heavy (non-hydrogen) atoms. The number of carbonyl (C=O) groups is 2. The van der Waals surface area contributed by atoms with Crippen LogP contribution >= 0.6 is 15.9 Å². The van der Waals surface area contributed by atoms with Crippen molar-refractivity contribution in [1.82, 2.24) is 10.2 Å². The van der Waals surface area contributed by atoms with Crippen LogP contribution in [0.5, 0.6) is 0 Å². The van der Waals surface area contributed by atoms with Gasteiger partial charge < -0.3 is 5.32 Å². The zero-order valence-electron chi connectivity index (χ0n) is 10.7. The van der Waals surface area contributed by atoms with Crippen molar-refractivity contribution >= 4 is 27.7 Å². The van der Waals surface area contributed by atoms with Crippen molar-refractivity contribution in [1.29, 1.82) is 0 Å². The molecule has 2 amide bonds. The summed E-state index contributed by atoms with van der Waals surface area (Å²) < 4.78 is 0.792. The summed E-state index contributed by atoms with van der Waals surface area (Å²) in [5.74, 6) is -0.496. The van der Waals surface area contributed by atoms with Crippen LogP contribution in [0.25, 0.3) is 0 Å².